The summed E-state index contributed by atoms with van der Waals surface area (Å²) in [6.45, 7) is 3.65. The Balaban J connectivity index is 4.83. The molecule has 2 N–H and O–H groups in total. The highest BCUT2D eigenvalue weighted by molar-refractivity contribution is 9.25. The van der Waals surface area contributed by atoms with Gasteiger partial charge >= 0.3 is 11.9 Å². The van der Waals surface area contributed by atoms with Crippen LogP contribution in [0.4, 0.5) is 0 Å². The van der Waals surface area contributed by atoms with Crippen molar-refractivity contribution in [2.24, 2.45) is 5.41 Å². The molecule has 0 heterocycles. The molecule has 0 radical (unpaired) electrons. The summed E-state index contributed by atoms with van der Waals surface area (Å²) in [7, 11) is 0. The van der Waals surface area contributed by atoms with Crippen LogP contribution in [-0.2, 0) is 9.59 Å². The van der Waals surface area contributed by atoms with Crippen LogP contribution in [0.15, 0.2) is 0 Å². The molecule has 0 fully saturated rings. The Bertz CT molecular complexity index is 285. The van der Waals surface area contributed by atoms with Crippen LogP contribution in [0.25, 0.3) is 0 Å². The highest BCUT2D eigenvalue weighted by Crippen LogP contribution is 2.52. The maximum atomic E-state index is 11.5. The van der Waals surface area contributed by atoms with E-state index >= 15 is 0 Å². The van der Waals surface area contributed by atoms with Crippen LogP contribution in [-0.4, -0.2) is 25.4 Å². The number of halogens is 2. The van der Waals surface area contributed by atoms with Crippen LogP contribution >= 0.6 is 31.9 Å². The molecule has 0 aromatic rings. The van der Waals surface area contributed by atoms with E-state index in [4.69, 9.17) is 5.11 Å². The molecule has 17 heavy (non-hydrogen) atoms. The molecule has 0 saturated heterocycles. The van der Waals surface area contributed by atoms with Gasteiger partial charge in [-0.15, -0.1) is 0 Å². The van der Waals surface area contributed by atoms with Gasteiger partial charge in [0.2, 0.25) is 0 Å². The van der Waals surface area contributed by atoms with Gasteiger partial charge in [0.1, 0.15) is 0 Å². The number of alkyl halides is 2. The van der Waals surface area contributed by atoms with E-state index in [0.717, 1.165) is 0 Å². The third-order valence-corrected chi connectivity index (χ3v) is 5.51. The van der Waals surface area contributed by atoms with Crippen LogP contribution in [0.3, 0.4) is 0 Å². The molecule has 0 aromatic carbocycles. The van der Waals surface area contributed by atoms with Crippen molar-refractivity contribution >= 4 is 43.8 Å². The molecule has 0 bridgehead atoms. The Labute approximate surface area is 118 Å². The van der Waals surface area contributed by atoms with Crippen molar-refractivity contribution in [3.63, 3.8) is 0 Å². The van der Waals surface area contributed by atoms with Gasteiger partial charge in [0.15, 0.2) is 0 Å². The topological polar surface area (TPSA) is 74.6 Å². The zero-order valence-electron chi connectivity index (χ0n) is 10.0. The molecular formula is C11H18Br2O4. The van der Waals surface area contributed by atoms with Crippen molar-refractivity contribution in [3.8, 4) is 0 Å². The van der Waals surface area contributed by atoms with Crippen LogP contribution in [0.5, 0.6) is 0 Å². The lowest BCUT2D eigenvalue weighted by Gasteiger charge is -2.39. The number of carboxylic acid groups (broad SMARTS) is 2. The summed E-state index contributed by atoms with van der Waals surface area (Å²) in [4.78, 5) is 21.9. The lowest BCUT2D eigenvalue weighted by atomic mass is 9.77. The minimum absolute atomic E-state index is 0.0437. The summed E-state index contributed by atoms with van der Waals surface area (Å²) in [5.74, 6) is -1.73. The average Bonchev–Trinajstić information content (AvgIpc) is 2.18. The van der Waals surface area contributed by atoms with Gasteiger partial charge in [-0.1, -0.05) is 45.7 Å². The second-order valence-electron chi connectivity index (χ2n) is 4.05. The smallest absolute Gasteiger partial charge is 0.311 e. The van der Waals surface area contributed by atoms with E-state index in [0.29, 0.717) is 25.7 Å². The van der Waals surface area contributed by atoms with Gasteiger partial charge < -0.3 is 10.2 Å². The molecule has 0 spiro atoms. The second kappa shape index (κ2) is 6.73. The van der Waals surface area contributed by atoms with E-state index in [2.05, 4.69) is 31.9 Å². The summed E-state index contributed by atoms with van der Waals surface area (Å²) < 4.78 is -0.766. The molecule has 0 saturated carbocycles. The molecule has 0 aromatic heterocycles. The molecule has 0 amide bonds. The van der Waals surface area contributed by atoms with Crippen LogP contribution in [0.1, 0.15) is 46.0 Å². The highest BCUT2D eigenvalue weighted by Gasteiger charge is 2.51. The van der Waals surface area contributed by atoms with E-state index in [1.165, 1.54) is 0 Å². The van der Waals surface area contributed by atoms with Crippen molar-refractivity contribution < 1.29 is 19.8 Å². The van der Waals surface area contributed by atoms with Crippen molar-refractivity contribution in [2.75, 3.05) is 0 Å². The molecule has 100 valence electrons. The second-order valence-corrected chi connectivity index (χ2v) is 7.82. The third kappa shape index (κ3) is 3.95. The number of carboxylic acids is 2. The van der Waals surface area contributed by atoms with E-state index in [1.807, 2.05) is 13.8 Å². The number of carbonyl (C=O) groups is 2. The summed E-state index contributed by atoms with van der Waals surface area (Å²) in [6, 6.07) is 0. The SMILES string of the molecule is CCC(CC)(C(=O)O)C(Br)(Br)CCCC(=O)O. The molecule has 0 aliphatic rings. The average molecular weight is 374 g/mol. The Morgan fingerprint density at radius 1 is 1.12 bits per heavy atom. The fourth-order valence-electron chi connectivity index (χ4n) is 1.93. The van der Waals surface area contributed by atoms with Gasteiger partial charge in [-0.2, -0.15) is 0 Å². The summed E-state index contributed by atoms with van der Waals surface area (Å²) in [5.41, 5.74) is -0.925. The number of hydrogen-bond donors (Lipinski definition) is 2. The summed E-state index contributed by atoms with van der Waals surface area (Å²) in [6.07, 6.45) is 1.88. The van der Waals surface area contributed by atoms with Gasteiger partial charge in [0.25, 0.3) is 0 Å². The summed E-state index contributed by atoms with van der Waals surface area (Å²) >= 11 is 6.84. The van der Waals surface area contributed by atoms with E-state index in [-0.39, 0.29) is 6.42 Å². The standard InChI is InChI=1S/C11H18Br2O4/c1-3-10(4-2,9(16)17)11(12,13)7-5-6-8(14)15/h3-7H2,1-2H3,(H,14,15)(H,16,17). The molecule has 6 heteroatoms. The first kappa shape index (κ1) is 16.9. The minimum Gasteiger partial charge on any atom is -0.481 e. The monoisotopic (exact) mass is 372 g/mol. The first-order chi connectivity index (χ1) is 7.73. The maximum absolute atomic E-state index is 11.5. The quantitative estimate of drug-likeness (QED) is 0.637. The Kier molecular flexibility index (Phi) is 6.69. The minimum atomic E-state index is -0.925. The molecule has 0 aliphatic carbocycles. The first-order valence-corrected chi connectivity index (χ1v) is 7.15. The lowest BCUT2D eigenvalue weighted by Crippen LogP contribution is -2.44. The maximum Gasteiger partial charge on any atom is 0.311 e. The van der Waals surface area contributed by atoms with Gasteiger partial charge in [-0.05, 0) is 25.7 Å². The van der Waals surface area contributed by atoms with E-state index < -0.39 is 20.6 Å². The molecular weight excluding hydrogens is 356 g/mol. The van der Waals surface area contributed by atoms with Crippen molar-refractivity contribution in [1.82, 2.24) is 0 Å². The molecule has 0 atom stereocenters. The zero-order chi connectivity index (χ0) is 13.7. The number of hydrogen-bond acceptors (Lipinski definition) is 2. The third-order valence-electron chi connectivity index (χ3n) is 3.20. The molecule has 0 unspecified atom stereocenters. The van der Waals surface area contributed by atoms with Crippen molar-refractivity contribution in [2.45, 2.75) is 49.2 Å². The fourth-order valence-corrected chi connectivity index (χ4v) is 3.95. The molecule has 4 nitrogen and oxygen atoms in total. The van der Waals surface area contributed by atoms with Crippen LogP contribution in [0.2, 0.25) is 0 Å². The zero-order valence-corrected chi connectivity index (χ0v) is 13.2. The van der Waals surface area contributed by atoms with Gasteiger partial charge in [0, 0.05) is 6.42 Å². The van der Waals surface area contributed by atoms with Crippen LogP contribution in [0, 0.1) is 5.41 Å². The normalized spacial score (nSPS) is 12.5. The Hall–Kier alpha value is -0.100. The summed E-state index contributed by atoms with van der Waals surface area (Å²) in [5, 5.41) is 18.0. The van der Waals surface area contributed by atoms with E-state index in [9.17, 15) is 14.7 Å². The highest BCUT2D eigenvalue weighted by atomic mass is 79.9. The molecule has 0 rings (SSSR count). The lowest BCUT2D eigenvalue weighted by molar-refractivity contribution is -0.150. The number of rotatable bonds is 8. The predicted octanol–water partition coefficient (Wildman–Crippen LogP) is 3.62. The fraction of sp³-hybridized carbons (Fsp3) is 0.818. The van der Waals surface area contributed by atoms with Gasteiger partial charge in [0.05, 0.1) is 8.65 Å². The molecule has 0 aliphatic heterocycles. The Morgan fingerprint density at radius 2 is 1.59 bits per heavy atom. The predicted molar refractivity (Wildman–Crippen MR) is 72.7 cm³/mol. The Morgan fingerprint density at radius 3 is 1.88 bits per heavy atom. The van der Waals surface area contributed by atoms with Crippen molar-refractivity contribution in [3.05, 3.63) is 0 Å². The van der Waals surface area contributed by atoms with Crippen LogP contribution < -0.4 is 0 Å². The largest absolute Gasteiger partial charge is 0.481 e. The van der Waals surface area contributed by atoms with Crippen molar-refractivity contribution in [1.29, 1.82) is 0 Å². The van der Waals surface area contributed by atoms with Gasteiger partial charge in [-0.25, -0.2) is 0 Å². The van der Waals surface area contributed by atoms with Gasteiger partial charge in [-0.3, -0.25) is 9.59 Å². The number of aliphatic carboxylic acids is 2. The first-order valence-electron chi connectivity index (χ1n) is 5.56. The van der Waals surface area contributed by atoms with E-state index in [1.54, 1.807) is 0 Å².